The Labute approximate surface area is 116 Å². The predicted molar refractivity (Wildman–Crippen MR) is 76.8 cm³/mol. The second-order valence-electron chi connectivity index (χ2n) is 6.55. The van der Waals surface area contributed by atoms with Gasteiger partial charge in [0.25, 0.3) is 0 Å². The van der Waals surface area contributed by atoms with Crippen LogP contribution in [0.25, 0.3) is 0 Å². The molecular formula is C15H28N2O2. The summed E-state index contributed by atoms with van der Waals surface area (Å²) in [6.07, 6.45) is 6.23. The van der Waals surface area contributed by atoms with E-state index in [4.69, 9.17) is 0 Å². The van der Waals surface area contributed by atoms with Crippen LogP contribution < -0.4 is 5.32 Å². The Morgan fingerprint density at radius 3 is 2.21 bits per heavy atom. The molecule has 4 nitrogen and oxygen atoms in total. The van der Waals surface area contributed by atoms with Gasteiger partial charge in [-0.3, -0.25) is 9.59 Å². The molecule has 0 spiro atoms. The molecule has 0 aromatic rings. The van der Waals surface area contributed by atoms with E-state index in [-0.39, 0.29) is 17.4 Å². The average Bonchev–Trinajstić information content (AvgIpc) is 2.27. The Morgan fingerprint density at radius 2 is 1.74 bits per heavy atom. The van der Waals surface area contributed by atoms with Gasteiger partial charge in [-0.2, -0.15) is 0 Å². The van der Waals surface area contributed by atoms with Gasteiger partial charge in [-0.25, -0.2) is 0 Å². The first-order valence-electron chi connectivity index (χ1n) is 7.38. The number of nitrogens with one attached hydrogen (secondary N) is 1. The van der Waals surface area contributed by atoms with Crippen LogP contribution in [-0.4, -0.2) is 34.8 Å². The lowest BCUT2D eigenvalue weighted by molar-refractivity contribution is -0.132. The van der Waals surface area contributed by atoms with E-state index in [9.17, 15) is 9.59 Å². The average molecular weight is 268 g/mol. The molecule has 0 saturated heterocycles. The summed E-state index contributed by atoms with van der Waals surface area (Å²) in [7, 11) is 0. The molecule has 0 aliphatic heterocycles. The van der Waals surface area contributed by atoms with E-state index in [1.54, 1.807) is 6.92 Å². The van der Waals surface area contributed by atoms with Crippen LogP contribution in [0.5, 0.6) is 0 Å². The van der Waals surface area contributed by atoms with Crippen molar-refractivity contribution in [3.63, 3.8) is 0 Å². The van der Waals surface area contributed by atoms with Gasteiger partial charge in [0.15, 0.2) is 0 Å². The van der Waals surface area contributed by atoms with Crippen LogP contribution in [-0.2, 0) is 9.59 Å². The highest BCUT2D eigenvalue weighted by Gasteiger charge is 2.24. The first kappa shape index (κ1) is 16.0. The number of nitrogens with zero attached hydrogens (tertiary/aromatic N) is 1. The molecule has 1 saturated carbocycles. The van der Waals surface area contributed by atoms with Crippen LogP contribution in [0.4, 0.5) is 0 Å². The molecule has 0 unspecified atom stereocenters. The fraction of sp³-hybridized carbons (Fsp3) is 0.867. The van der Waals surface area contributed by atoms with E-state index in [2.05, 4.69) is 5.32 Å². The molecule has 2 amide bonds. The molecule has 0 heterocycles. The molecule has 19 heavy (non-hydrogen) atoms. The summed E-state index contributed by atoms with van der Waals surface area (Å²) in [5.74, 6) is 0.116. The number of carbonyl (C=O) groups is 2. The Balaban J connectivity index is 2.45. The molecule has 0 aromatic heterocycles. The van der Waals surface area contributed by atoms with Crippen molar-refractivity contribution in [2.75, 3.05) is 6.54 Å². The van der Waals surface area contributed by atoms with E-state index in [0.717, 1.165) is 12.8 Å². The molecule has 0 atom stereocenters. The molecular weight excluding hydrogens is 240 g/mol. The van der Waals surface area contributed by atoms with E-state index in [1.807, 2.05) is 25.7 Å². The molecule has 0 bridgehead atoms. The third kappa shape index (κ3) is 6.08. The summed E-state index contributed by atoms with van der Waals surface area (Å²) in [6, 6.07) is 0.341. The largest absolute Gasteiger partial charge is 0.351 e. The summed E-state index contributed by atoms with van der Waals surface area (Å²) >= 11 is 0. The molecule has 1 fully saturated rings. The van der Waals surface area contributed by atoms with Crippen molar-refractivity contribution in [1.29, 1.82) is 0 Å². The monoisotopic (exact) mass is 268 g/mol. The van der Waals surface area contributed by atoms with Gasteiger partial charge in [-0.15, -0.1) is 0 Å². The molecule has 1 N–H and O–H groups in total. The van der Waals surface area contributed by atoms with Crippen molar-refractivity contribution in [2.45, 2.75) is 77.8 Å². The van der Waals surface area contributed by atoms with Crippen LogP contribution in [0.1, 0.15) is 66.2 Å². The molecule has 110 valence electrons. The minimum absolute atomic E-state index is 0.0227. The molecule has 0 radical (unpaired) electrons. The van der Waals surface area contributed by atoms with Gasteiger partial charge in [0.2, 0.25) is 11.8 Å². The third-order valence-electron chi connectivity index (χ3n) is 3.51. The van der Waals surface area contributed by atoms with Crippen molar-refractivity contribution in [3.8, 4) is 0 Å². The first-order chi connectivity index (χ1) is 8.79. The summed E-state index contributed by atoms with van der Waals surface area (Å²) in [4.78, 5) is 25.4. The van der Waals surface area contributed by atoms with Gasteiger partial charge in [-0.05, 0) is 33.6 Å². The van der Waals surface area contributed by atoms with Crippen molar-refractivity contribution in [2.24, 2.45) is 0 Å². The summed E-state index contributed by atoms with van der Waals surface area (Å²) in [5.41, 5.74) is -0.205. The van der Waals surface area contributed by atoms with E-state index >= 15 is 0 Å². The first-order valence-corrected chi connectivity index (χ1v) is 7.38. The smallest absolute Gasteiger partial charge is 0.222 e. The quantitative estimate of drug-likeness (QED) is 0.851. The zero-order valence-electron chi connectivity index (χ0n) is 12.8. The number of amides is 2. The molecule has 0 aromatic carbocycles. The van der Waals surface area contributed by atoms with Gasteiger partial charge in [0.1, 0.15) is 0 Å². The highest BCUT2D eigenvalue weighted by molar-refractivity contribution is 5.78. The standard InChI is InChI=1S/C15H28N2O2/c1-12(18)17(13-8-6-5-7-9-13)11-10-14(19)16-15(2,3)4/h13H,5-11H2,1-4H3,(H,16,19). The van der Waals surface area contributed by atoms with Crippen molar-refractivity contribution >= 4 is 11.8 Å². The molecule has 1 aliphatic carbocycles. The topological polar surface area (TPSA) is 49.4 Å². The lowest BCUT2D eigenvalue weighted by atomic mass is 9.94. The van der Waals surface area contributed by atoms with Crippen LogP contribution in [0.15, 0.2) is 0 Å². The highest BCUT2D eigenvalue weighted by atomic mass is 16.2. The molecule has 1 rings (SSSR count). The maximum Gasteiger partial charge on any atom is 0.222 e. The van der Waals surface area contributed by atoms with Gasteiger partial charge in [0.05, 0.1) is 0 Å². The van der Waals surface area contributed by atoms with Gasteiger partial charge in [0, 0.05) is 31.5 Å². The number of rotatable bonds is 4. The third-order valence-corrected chi connectivity index (χ3v) is 3.51. The zero-order valence-corrected chi connectivity index (χ0v) is 12.8. The molecule has 4 heteroatoms. The zero-order chi connectivity index (χ0) is 14.5. The fourth-order valence-corrected chi connectivity index (χ4v) is 2.69. The Morgan fingerprint density at radius 1 is 1.16 bits per heavy atom. The maximum atomic E-state index is 11.8. The molecule has 1 aliphatic rings. The van der Waals surface area contributed by atoms with E-state index < -0.39 is 0 Å². The minimum atomic E-state index is -0.205. The SMILES string of the molecule is CC(=O)N(CCC(=O)NC(C)(C)C)C1CCCCC1. The summed E-state index contributed by atoms with van der Waals surface area (Å²) in [5, 5.41) is 2.94. The van der Waals surface area contributed by atoms with Gasteiger partial charge in [-0.1, -0.05) is 19.3 Å². The minimum Gasteiger partial charge on any atom is -0.351 e. The predicted octanol–water partition coefficient (Wildman–Crippen LogP) is 2.47. The highest BCUT2D eigenvalue weighted by Crippen LogP contribution is 2.22. The fourth-order valence-electron chi connectivity index (χ4n) is 2.69. The maximum absolute atomic E-state index is 11.8. The van der Waals surface area contributed by atoms with Crippen molar-refractivity contribution < 1.29 is 9.59 Å². The normalized spacial score (nSPS) is 17.1. The van der Waals surface area contributed by atoms with Crippen LogP contribution >= 0.6 is 0 Å². The lowest BCUT2D eigenvalue weighted by Gasteiger charge is -2.34. The second-order valence-corrected chi connectivity index (χ2v) is 6.55. The summed E-state index contributed by atoms with van der Waals surface area (Å²) < 4.78 is 0. The van der Waals surface area contributed by atoms with Crippen molar-refractivity contribution in [3.05, 3.63) is 0 Å². The Bertz CT molecular complexity index is 315. The number of hydrogen-bond acceptors (Lipinski definition) is 2. The van der Waals surface area contributed by atoms with Gasteiger partial charge < -0.3 is 10.2 Å². The summed E-state index contributed by atoms with van der Waals surface area (Å²) in [6.45, 7) is 8.05. The van der Waals surface area contributed by atoms with Crippen LogP contribution in [0, 0.1) is 0 Å². The van der Waals surface area contributed by atoms with Crippen LogP contribution in [0.2, 0.25) is 0 Å². The second kappa shape index (κ2) is 6.92. The van der Waals surface area contributed by atoms with E-state index in [0.29, 0.717) is 19.0 Å². The Kier molecular flexibility index (Phi) is 5.83. The van der Waals surface area contributed by atoms with Crippen molar-refractivity contribution in [1.82, 2.24) is 10.2 Å². The lowest BCUT2D eigenvalue weighted by Crippen LogP contribution is -2.45. The van der Waals surface area contributed by atoms with E-state index in [1.165, 1.54) is 19.3 Å². The van der Waals surface area contributed by atoms with Crippen LogP contribution in [0.3, 0.4) is 0 Å². The van der Waals surface area contributed by atoms with Gasteiger partial charge >= 0.3 is 0 Å². The number of carbonyl (C=O) groups excluding carboxylic acids is 2. The Hall–Kier alpha value is -1.06. The number of hydrogen-bond donors (Lipinski definition) is 1.